The Hall–Kier alpha value is -1.72. The molecule has 2 unspecified atom stereocenters. The van der Waals surface area contributed by atoms with Crippen LogP contribution in [0, 0.1) is 6.92 Å². The van der Waals surface area contributed by atoms with Gasteiger partial charge in [-0.1, -0.05) is 12.1 Å². The maximum absolute atomic E-state index is 11.5. The molecule has 0 aliphatic carbocycles. The van der Waals surface area contributed by atoms with Crippen molar-refractivity contribution < 1.29 is 9.53 Å². The van der Waals surface area contributed by atoms with Crippen molar-refractivity contribution in [1.82, 2.24) is 10.3 Å². The van der Waals surface area contributed by atoms with Crippen LogP contribution < -0.4 is 5.32 Å². The summed E-state index contributed by atoms with van der Waals surface area (Å²) in [5.74, 6) is 0.218. The van der Waals surface area contributed by atoms with Crippen LogP contribution in [0.3, 0.4) is 0 Å². The molecule has 3 rings (SSSR count). The van der Waals surface area contributed by atoms with Gasteiger partial charge in [0, 0.05) is 17.3 Å². The van der Waals surface area contributed by atoms with Gasteiger partial charge in [0.1, 0.15) is 0 Å². The van der Waals surface area contributed by atoms with E-state index in [1.165, 1.54) is 18.4 Å². The van der Waals surface area contributed by atoms with E-state index in [1.54, 1.807) is 11.3 Å². The Morgan fingerprint density at radius 2 is 2.14 bits per heavy atom. The predicted octanol–water partition coefficient (Wildman–Crippen LogP) is 3.45. The van der Waals surface area contributed by atoms with Gasteiger partial charge in [0.05, 0.1) is 23.4 Å². The van der Waals surface area contributed by atoms with Crippen molar-refractivity contribution in [2.45, 2.75) is 31.7 Å². The Morgan fingerprint density at radius 1 is 1.36 bits per heavy atom. The molecule has 1 aromatic heterocycles. The van der Waals surface area contributed by atoms with Crippen LogP contribution in [-0.2, 0) is 4.74 Å². The summed E-state index contributed by atoms with van der Waals surface area (Å²) < 4.78 is 4.74. The number of hydrogen-bond donors (Lipinski definition) is 1. The number of benzene rings is 1. The molecular formula is C17H20N2O2S. The van der Waals surface area contributed by atoms with E-state index in [1.807, 2.05) is 24.3 Å². The first-order valence-corrected chi connectivity index (χ1v) is 8.39. The van der Waals surface area contributed by atoms with E-state index in [2.05, 4.69) is 22.6 Å². The third-order valence-corrected chi connectivity index (χ3v) is 4.98. The van der Waals surface area contributed by atoms with Gasteiger partial charge in [-0.05, 0) is 44.0 Å². The quantitative estimate of drug-likeness (QED) is 0.881. The van der Waals surface area contributed by atoms with Crippen LogP contribution in [0.5, 0.6) is 0 Å². The van der Waals surface area contributed by atoms with Crippen LogP contribution in [0.1, 0.15) is 51.4 Å². The average molecular weight is 316 g/mol. The van der Waals surface area contributed by atoms with E-state index in [0.29, 0.717) is 17.5 Å². The molecule has 0 bridgehead atoms. The topological polar surface area (TPSA) is 51.2 Å². The Kier molecular flexibility index (Phi) is 4.55. The smallest absolute Gasteiger partial charge is 0.337 e. The first-order chi connectivity index (χ1) is 10.7. The lowest BCUT2D eigenvalue weighted by Gasteiger charge is -2.30. The van der Waals surface area contributed by atoms with Crippen molar-refractivity contribution in [1.29, 1.82) is 0 Å². The number of ether oxygens (including phenoxy) is 1. The zero-order valence-corrected chi connectivity index (χ0v) is 13.7. The highest BCUT2D eigenvalue weighted by Gasteiger charge is 2.25. The monoisotopic (exact) mass is 316 g/mol. The van der Waals surface area contributed by atoms with Gasteiger partial charge in [0.2, 0.25) is 0 Å². The van der Waals surface area contributed by atoms with E-state index in [0.717, 1.165) is 24.4 Å². The number of piperidine rings is 1. The number of hydrogen-bond acceptors (Lipinski definition) is 5. The molecule has 2 atom stereocenters. The normalized spacial score (nSPS) is 21.5. The fourth-order valence-corrected chi connectivity index (χ4v) is 3.67. The molecule has 1 saturated heterocycles. The van der Waals surface area contributed by atoms with Crippen molar-refractivity contribution in [3.63, 3.8) is 0 Å². The Balaban J connectivity index is 1.73. The van der Waals surface area contributed by atoms with Gasteiger partial charge in [0.15, 0.2) is 0 Å². The minimum atomic E-state index is -0.293. The van der Waals surface area contributed by atoms with Crippen molar-refractivity contribution in [3.8, 4) is 0 Å². The third kappa shape index (κ3) is 3.20. The molecule has 0 saturated carbocycles. The van der Waals surface area contributed by atoms with Gasteiger partial charge in [-0.25, -0.2) is 9.78 Å². The second-order valence-corrected chi connectivity index (χ2v) is 6.70. The van der Waals surface area contributed by atoms with Crippen LogP contribution in [0.4, 0.5) is 0 Å². The van der Waals surface area contributed by atoms with Crippen molar-refractivity contribution in [2.24, 2.45) is 0 Å². The van der Waals surface area contributed by atoms with E-state index in [9.17, 15) is 4.79 Å². The predicted molar refractivity (Wildman–Crippen MR) is 87.4 cm³/mol. The number of aryl methyl sites for hydroxylation is 1. The summed E-state index contributed by atoms with van der Waals surface area (Å²) in [5, 5.41) is 6.88. The van der Waals surface area contributed by atoms with Gasteiger partial charge in [0.25, 0.3) is 0 Å². The lowest BCUT2D eigenvalue weighted by atomic mass is 9.87. The number of aromatic nitrogens is 1. The number of nitrogens with one attached hydrogen (secondary N) is 1. The third-order valence-electron chi connectivity index (χ3n) is 4.19. The molecular weight excluding hydrogens is 296 g/mol. The fourth-order valence-electron chi connectivity index (χ4n) is 2.98. The largest absolute Gasteiger partial charge is 0.465 e. The van der Waals surface area contributed by atoms with Crippen molar-refractivity contribution in [2.75, 3.05) is 13.7 Å². The second kappa shape index (κ2) is 6.58. The summed E-state index contributed by atoms with van der Waals surface area (Å²) in [6, 6.07) is 8.00. The lowest BCUT2D eigenvalue weighted by Crippen LogP contribution is -2.31. The standard InChI is InChI=1S/C17H20N2O2S/c1-11-19-16(10-22-11)14-7-8-18-15(9-14)12-3-5-13(6-4-12)17(20)21-2/h3-6,10,14-15,18H,7-9H2,1-2H3. The minimum Gasteiger partial charge on any atom is -0.465 e. The van der Waals surface area contributed by atoms with E-state index < -0.39 is 0 Å². The van der Waals surface area contributed by atoms with Crippen molar-refractivity contribution in [3.05, 3.63) is 51.5 Å². The second-order valence-electron chi connectivity index (χ2n) is 5.63. The summed E-state index contributed by atoms with van der Waals surface area (Å²) >= 11 is 1.72. The molecule has 2 aromatic rings. The molecule has 0 amide bonds. The number of nitrogens with zero attached hydrogens (tertiary/aromatic N) is 1. The molecule has 1 aliphatic heterocycles. The molecule has 5 heteroatoms. The molecule has 0 spiro atoms. The molecule has 22 heavy (non-hydrogen) atoms. The molecule has 1 N–H and O–H groups in total. The Bertz CT molecular complexity index is 651. The highest BCUT2D eigenvalue weighted by molar-refractivity contribution is 7.09. The van der Waals surface area contributed by atoms with Crippen LogP contribution in [0.25, 0.3) is 0 Å². The number of rotatable bonds is 3. The number of esters is 1. The minimum absolute atomic E-state index is 0.293. The van der Waals surface area contributed by atoms with Crippen LogP contribution in [0.15, 0.2) is 29.6 Å². The molecule has 0 radical (unpaired) electrons. The number of carbonyl (C=O) groups is 1. The highest BCUT2D eigenvalue weighted by atomic mass is 32.1. The maximum atomic E-state index is 11.5. The zero-order chi connectivity index (χ0) is 15.5. The molecule has 2 heterocycles. The summed E-state index contributed by atoms with van der Waals surface area (Å²) in [5.41, 5.74) is 3.03. The van der Waals surface area contributed by atoms with Gasteiger partial charge in [-0.3, -0.25) is 0 Å². The van der Waals surface area contributed by atoms with Crippen LogP contribution in [-0.4, -0.2) is 24.6 Å². The Morgan fingerprint density at radius 3 is 2.77 bits per heavy atom. The number of carbonyl (C=O) groups excluding carboxylic acids is 1. The zero-order valence-electron chi connectivity index (χ0n) is 12.8. The first kappa shape index (κ1) is 15.2. The van der Waals surface area contributed by atoms with Crippen LogP contribution in [0.2, 0.25) is 0 Å². The molecule has 1 aliphatic rings. The summed E-state index contributed by atoms with van der Waals surface area (Å²) in [6.45, 7) is 3.04. The molecule has 1 aromatic carbocycles. The van der Waals surface area contributed by atoms with E-state index in [4.69, 9.17) is 4.74 Å². The SMILES string of the molecule is COC(=O)c1ccc(C2CC(c3csc(C)n3)CCN2)cc1. The van der Waals surface area contributed by atoms with Gasteiger partial charge in [-0.15, -0.1) is 11.3 Å². The summed E-state index contributed by atoms with van der Waals surface area (Å²) in [6.07, 6.45) is 2.17. The van der Waals surface area contributed by atoms with Gasteiger partial charge >= 0.3 is 5.97 Å². The molecule has 1 fully saturated rings. The van der Waals surface area contributed by atoms with E-state index in [-0.39, 0.29) is 5.97 Å². The molecule has 4 nitrogen and oxygen atoms in total. The maximum Gasteiger partial charge on any atom is 0.337 e. The Labute approximate surface area is 134 Å². The lowest BCUT2D eigenvalue weighted by molar-refractivity contribution is 0.0600. The fraction of sp³-hybridized carbons (Fsp3) is 0.412. The first-order valence-electron chi connectivity index (χ1n) is 7.51. The highest BCUT2D eigenvalue weighted by Crippen LogP contribution is 2.34. The van der Waals surface area contributed by atoms with E-state index >= 15 is 0 Å². The average Bonchev–Trinajstić information content (AvgIpc) is 3.01. The van der Waals surface area contributed by atoms with Crippen LogP contribution >= 0.6 is 11.3 Å². The van der Waals surface area contributed by atoms with Gasteiger partial charge in [-0.2, -0.15) is 0 Å². The molecule has 116 valence electrons. The summed E-state index contributed by atoms with van der Waals surface area (Å²) in [7, 11) is 1.40. The van der Waals surface area contributed by atoms with Gasteiger partial charge < -0.3 is 10.1 Å². The number of methoxy groups -OCH3 is 1. The van der Waals surface area contributed by atoms with Crippen molar-refractivity contribution >= 4 is 17.3 Å². The summed E-state index contributed by atoms with van der Waals surface area (Å²) in [4.78, 5) is 16.1. The number of thiazole rings is 1.